The van der Waals surface area contributed by atoms with Crippen molar-refractivity contribution in [3.63, 3.8) is 0 Å². The van der Waals surface area contributed by atoms with Crippen molar-refractivity contribution in [3.05, 3.63) is 63.9 Å². The Bertz CT molecular complexity index is 1000. The van der Waals surface area contributed by atoms with Gasteiger partial charge >= 0.3 is 6.03 Å². The number of imide groups is 1. The Labute approximate surface area is 171 Å². The molecule has 29 heavy (non-hydrogen) atoms. The zero-order chi connectivity index (χ0) is 21.4. The fraction of sp³-hybridized carbons (Fsp3) is 0.150. The molecule has 0 spiro atoms. The summed E-state index contributed by atoms with van der Waals surface area (Å²) in [6, 6.07) is 9.50. The van der Waals surface area contributed by atoms with E-state index >= 15 is 0 Å². The molecule has 0 unspecified atom stereocenters. The molecule has 7 nitrogen and oxygen atoms in total. The minimum absolute atomic E-state index is 0.0528. The summed E-state index contributed by atoms with van der Waals surface area (Å²) in [4.78, 5) is 22.6. The molecule has 0 aliphatic carbocycles. The van der Waals surface area contributed by atoms with Crippen molar-refractivity contribution in [2.75, 3.05) is 6.61 Å². The third-order valence-electron chi connectivity index (χ3n) is 3.52. The van der Waals surface area contributed by atoms with Gasteiger partial charge in [-0.15, -0.1) is 0 Å². The maximum Gasteiger partial charge on any atom is 0.319 e. The molecule has 0 fully saturated rings. The SMILES string of the molecule is CCOc1cc(/C=C(/C#N)C(=O)NC(N)=O)cc(Cl)c1OCc1cccc(F)c1. The summed E-state index contributed by atoms with van der Waals surface area (Å²) in [5.41, 5.74) is 5.51. The average molecular weight is 418 g/mol. The number of rotatable bonds is 7. The zero-order valence-corrected chi connectivity index (χ0v) is 16.1. The van der Waals surface area contributed by atoms with Crippen LogP contribution in [0.1, 0.15) is 18.1 Å². The van der Waals surface area contributed by atoms with Crippen LogP contribution in [0.2, 0.25) is 5.02 Å². The standard InChI is InChI=1S/C20H17ClFN3O4/c1-2-28-17-9-13(6-14(10-23)19(26)25-20(24)27)8-16(21)18(17)29-11-12-4-3-5-15(22)7-12/h3-9H,2,11H2,1H3,(H3,24,25,26,27)/b14-6-. The molecule has 0 atom stereocenters. The first kappa shape index (κ1) is 21.7. The molecule has 2 aromatic rings. The van der Waals surface area contributed by atoms with E-state index in [2.05, 4.69) is 0 Å². The highest BCUT2D eigenvalue weighted by molar-refractivity contribution is 6.32. The Balaban J connectivity index is 2.33. The highest BCUT2D eigenvalue weighted by atomic mass is 35.5. The molecule has 150 valence electrons. The van der Waals surface area contributed by atoms with Crippen LogP contribution in [0.4, 0.5) is 9.18 Å². The zero-order valence-electron chi connectivity index (χ0n) is 15.4. The van der Waals surface area contributed by atoms with Gasteiger partial charge in [0.25, 0.3) is 5.91 Å². The van der Waals surface area contributed by atoms with Crippen LogP contribution in [0.15, 0.2) is 42.0 Å². The quantitative estimate of drug-likeness (QED) is 0.528. The van der Waals surface area contributed by atoms with Gasteiger partial charge in [0.1, 0.15) is 24.1 Å². The molecule has 0 bridgehead atoms. The third-order valence-corrected chi connectivity index (χ3v) is 3.80. The second kappa shape index (κ2) is 10.1. The number of carbonyl (C=O) groups is 2. The van der Waals surface area contributed by atoms with Crippen molar-refractivity contribution in [2.24, 2.45) is 5.73 Å². The summed E-state index contributed by atoms with van der Waals surface area (Å²) < 4.78 is 24.6. The molecule has 0 aromatic heterocycles. The fourth-order valence-electron chi connectivity index (χ4n) is 2.35. The number of urea groups is 1. The number of hydrogen-bond donors (Lipinski definition) is 2. The molecule has 0 aliphatic heterocycles. The number of hydrogen-bond acceptors (Lipinski definition) is 5. The Morgan fingerprint density at radius 3 is 2.69 bits per heavy atom. The number of benzene rings is 2. The lowest BCUT2D eigenvalue weighted by Crippen LogP contribution is -2.35. The molecule has 0 radical (unpaired) electrons. The number of carbonyl (C=O) groups excluding carboxylic acids is 2. The Morgan fingerprint density at radius 2 is 2.07 bits per heavy atom. The minimum atomic E-state index is -1.08. The highest BCUT2D eigenvalue weighted by Crippen LogP contribution is 2.37. The van der Waals surface area contributed by atoms with Crippen LogP contribution < -0.4 is 20.5 Å². The van der Waals surface area contributed by atoms with Crippen LogP contribution in [0.5, 0.6) is 11.5 Å². The number of primary amides is 1. The molecule has 0 saturated carbocycles. The lowest BCUT2D eigenvalue weighted by Gasteiger charge is -2.15. The van der Waals surface area contributed by atoms with Crippen LogP contribution >= 0.6 is 11.6 Å². The molecule has 0 heterocycles. The lowest BCUT2D eigenvalue weighted by molar-refractivity contribution is -0.115. The number of nitrogens with two attached hydrogens (primary N) is 1. The van der Waals surface area contributed by atoms with Crippen molar-refractivity contribution in [2.45, 2.75) is 13.5 Å². The third kappa shape index (κ3) is 6.23. The first-order valence-corrected chi connectivity index (χ1v) is 8.78. The largest absolute Gasteiger partial charge is 0.490 e. The monoisotopic (exact) mass is 417 g/mol. The smallest absolute Gasteiger partial charge is 0.319 e. The van der Waals surface area contributed by atoms with Crippen LogP contribution in [0.3, 0.4) is 0 Å². The topological polar surface area (TPSA) is 114 Å². The van der Waals surface area contributed by atoms with E-state index in [4.69, 9.17) is 32.1 Å². The van der Waals surface area contributed by atoms with Crippen LogP contribution in [-0.4, -0.2) is 18.5 Å². The van der Waals surface area contributed by atoms with Gasteiger partial charge in [0, 0.05) is 0 Å². The molecule has 0 saturated heterocycles. The molecular formula is C20H17ClFN3O4. The Kier molecular flexibility index (Phi) is 7.57. The summed E-state index contributed by atoms with van der Waals surface area (Å²) in [5, 5.41) is 11.1. The molecule has 0 aliphatic rings. The van der Waals surface area contributed by atoms with Crippen LogP contribution in [0, 0.1) is 17.1 Å². The molecule has 2 aromatic carbocycles. The van der Waals surface area contributed by atoms with Gasteiger partial charge in [-0.1, -0.05) is 23.7 Å². The van der Waals surface area contributed by atoms with Gasteiger partial charge < -0.3 is 15.2 Å². The highest BCUT2D eigenvalue weighted by Gasteiger charge is 2.15. The molecule has 9 heteroatoms. The van der Waals surface area contributed by atoms with E-state index in [0.717, 1.165) is 0 Å². The van der Waals surface area contributed by atoms with E-state index in [-0.39, 0.29) is 34.5 Å². The van der Waals surface area contributed by atoms with E-state index in [1.807, 2.05) is 5.32 Å². The summed E-state index contributed by atoms with van der Waals surface area (Å²) in [6.07, 6.45) is 1.23. The van der Waals surface area contributed by atoms with Crippen molar-refractivity contribution >= 4 is 29.6 Å². The van der Waals surface area contributed by atoms with E-state index in [0.29, 0.717) is 17.7 Å². The molecule has 3 amide bonds. The van der Waals surface area contributed by atoms with E-state index in [1.54, 1.807) is 25.1 Å². The molecule has 2 rings (SSSR count). The number of nitrogens with one attached hydrogen (secondary N) is 1. The maximum atomic E-state index is 13.3. The predicted octanol–water partition coefficient (Wildman–Crippen LogP) is 3.56. The first-order chi connectivity index (χ1) is 13.8. The maximum absolute atomic E-state index is 13.3. The minimum Gasteiger partial charge on any atom is -0.490 e. The first-order valence-electron chi connectivity index (χ1n) is 8.40. The number of nitrogens with zero attached hydrogens (tertiary/aromatic N) is 1. The van der Waals surface area contributed by atoms with Gasteiger partial charge in [-0.05, 0) is 48.4 Å². The number of ether oxygens (including phenoxy) is 2. The van der Waals surface area contributed by atoms with Gasteiger partial charge in [0.05, 0.1) is 11.6 Å². The van der Waals surface area contributed by atoms with Crippen LogP contribution in [-0.2, 0) is 11.4 Å². The summed E-state index contributed by atoms with van der Waals surface area (Å²) >= 11 is 6.29. The summed E-state index contributed by atoms with van der Waals surface area (Å²) in [5.74, 6) is -0.827. The van der Waals surface area contributed by atoms with Gasteiger partial charge in [0.15, 0.2) is 11.5 Å². The van der Waals surface area contributed by atoms with Crippen molar-refractivity contribution < 1.29 is 23.5 Å². The van der Waals surface area contributed by atoms with E-state index in [9.17, 15) is 14.0 Å². The second-order valence-corrected chi connectivity index (χ2v) is 6.08. The molecular weight excluding hydrogens is 401 g/mol. The average Bonchev–Trinajstić information content (AvgIpc) is 2.65. The lowest BCUT2D eigenvalue weighted by atomic mass is 10.1. The number of halogens is 2. The predicted molar refractivity (Wildman–Crippen MR) is 105 cm³/mol. The van der Waals surface area contributed by atoms with Gasteiger partial charge in [0.2, 0.25) is 0 Å². The normalized spacial score (nSPS) is 10.8. The molecule has 3 N–H and O–H groups in total. The second-order valence-electron chi connectivity index (χ2n) is 5.67. The number of nitriles is 1. The van der Waals surface area contributed by atoms with Crippen molar-refractivity contribution in [1.82, 2.24) is 5.32 Å². The van der Waals surface area contributed by atoms with E-state index in [1.165, 1.54) is 30.3 Å². The Morgan fingerprint density at radius 1 is 1.31 bits per heavy atom. The van der Waals surface area contributed by atoms with Crippen LogP contribution in [0.25, 0.3) is 6.08 Å². The Hall–Kier alpha value is -3.57. The van der Waals surface area contributed by atoms with E-state index < -0.39 is 11.9 Å². The van der Waals surface area contributed by atoms with Gasteiger partial charge in [-0.3, -0.25) is 10.1 Å². The summed E-state index contributed by atoms with van der Waals surface area (Å²) in [6.45, 7) is 2.11. The van der Waals surface area contributed by atoms with Gasteiger partial charge in [-0.2, -0.15) is 5.26 Å². The van der Waals surface area contributed by atoms with Crippen molar-refractivity contribution in [1.29, 1.82) is 5.26 Å². The van der Waals surface area contributed by atoms with Gasteiger partial charge in [-0.25, -0.2) is 9.18 Å². The summed E-state index contributed by atoms with van der Waals surface area (Å²) in [7, 11) is 0. The number of amides is 3. The van der Waals surface area contributed by atoms with Crippen molar-refractivity contribution in [3.8, 4) is 17.6 Å². The fourth-order valence-corrected chi connectivity index (χ4v) is 2.62.